The van der Waals surface area contributed by atoms with Gasteiger partial charge in [-0.05, 0) is 12.2 Å². The maximum atomic E-state index is 5.89. The van der Waals surface area contributed by atoms with Crippen molar-refractivity contribution < 1.29 is 4.74 Å². The quantitative estimate of drug-likeness (QED) is 0.811. The average molecular weight is 299 g/mol. The fraction of sp³-hybridized carbons (Fsp3) is 0.583. The smallest absolute Gasteiger partial charge is 0.245 e. The summed E-state index contributed by atoms with van der Waals surface area (Å²) < 4.78 is 7.50. The van der Waals surface area contributed by atoms with Crippen LogP contribution in [0.1, 0.15) is 18.3 Å². The normalized spacial score (nSPS) is 19.2. The Labute approximate surface area is 120 Å². The van der Waals surface area contributed by atoms with Crippen LogP contribution < -0.4 is 4.74 Å². The van der Waals surface area contributed by atoms with Crippen LogP contribution in [0.5, 0.6) is 5.88 Å². The van der Waals surface area contributed by atoms with Crippen molar-refractivity contribution in [3.8, 4) is 5.88 Å². The van der Waals surface area contributed by atoms with Crippen molar-refractivity contribution in [1.29, 1.82) is 0 Å². The molecule has 2 aromatic rings. The summed E-state index contributed by atoms with van der Waals surface area (Å²) in [4.78, 5) is 13.2. The molecule has 1 fully saturated rings. The summed E-state index contributed by atoms with van der Waals surface area (Å²) in [5, 5.41) is 0. The van der Waals surface area contributed by atoms with Crippen LogP contribution in [0, 0.1) is 0 Å². The van der Waals surface area contributed by atoms with E-state index in [0.29, 0.717) is 17.8 Å². The molecule has 0 aromatic carbocycles. The highest BCUT2D eigenvalue weighted by Gasteiger charge is 2.25. The molecule has 0 bridgehead atoms. The molecule has 1 aliphatic heterocycles. The van der Waals surface area contributed by atoms with E-state index in [4.69, 9.17) is 16.3 Å². The fourth-order valence-electron chi connectivity index (χ4n) is 2.45. The van der Waals surface area contributed by atoms with E-state index in [1.807, 2.05) is 11.8 Å². The molecule has 0 radical (unpaired) electrons. The highest BCUT2D eigenvalue weighted by molar-refractivity contribution is 7.99. The van der Waals surface area contributed by atoms with Crippen molar-refractivity contribution in [3.63, 3.8) is 0 Å². The third-order valence-electron chi connectivity index (χ3n) is 3.30. The molecule has 0 amide bonds. The van der Waals surface area contributed by atoms with Crippen molar-refractivity contribution in [2.75, 3.05) is 24.5 Å². The Balaban J connectivity index is 2.17. The fourth-order valence-corrected chi connectivity index (χ4v) is 3.82. The van der Waals surface area contributed by atoms with Gasteiger partial charge in [-0.15, -0.1) is 11.6 Å². The van der Waals surface area contributed by atoms with E-state index in [0.717, 1.165) is 35.6 Å². The molecule has 3 rings (SSSR count). The Hall–Kier alpha value is -1.01. The van der Waals surface area contributed by atoms with Gasteiger partial charge in [0.25, 0.3) is 0 Å². The van der Waals surface area contributed by atoms with Crippen LogP contribution in [0.25, 0.3) is 11.2 Å². The van der Waals surface area contributed by atoms with Gasteiger partial charge in [0.05, 0.1) is 7.11 Å². The molecule has 1 aliphatic rings. The number of ether oxygens (including phenoxy) is 1. The van der Waals surface area contributed by atoms with Gasteiger partial charge in [-0.1, -0.05) is 0 Å². The Bertz CT molecular complexity index is 582. The number of aromatic nitrogens is 4. The molecule has 1 unspecified atom stereocenters. The van der Waals surface area contributed by atoms with Gasteiger partial charge in [-0.2, -0.15) is 16.7 Å². The summed E-state index contributed by atoms with van der Waals surface area (Å²) in [6, 6.07) is 0.452. The van der Waals surface area contributed by atoms with Crippen LogP contribution >= 0.6 is 23.4 Å². The number of rotatable bonds is 4. The van der Waals surface area contributed by atoms with E-state index in [9.17, 15) is 0 Å². The molecule has 1 saturated heterocycles. The minimum Gasteiger partial charge on any atom is -0.479 e. The van der Waals surface area contributed by atoms with Gasteiger partial charge in [-0.25, -0.2) is 9.97 Å². The van der Waals surface area contributed by atoms with Crippen LogP contribution in [0.4, 0.5) is 0 Å². The Morgan fingerprint density at radius 3 is 3.11 bits per heavy atom. The van der Waals surface area contributed by atoms with E-state index in [-0.39, 0.29) is 0 Å². The highest BCUT2D eigenvalue weighted by atomic mass is 35.5. The molecule has 0 N–H and O–H groups in total. The number of alkyl halides is 1. The van der Waals surface area contributed by atoms with E-state index < -0.39 is 0 Å². The predicted molar refractivity (Wildman–Crippen MR) is 77.3 cm³/mol. The van der Waals surface area contributed by atoms with Crippen molar-refractivity contribution in [2.45, 2.75) is 18.9 Å². The molecule has 19 heavy (non-hydrogen) atoms. The second-order valence-corrected chi connectivity index (χ2v) is 5.94. The van der Waals surface area contributed by atoms with Crippen LogP contribution in [-0.2, 0) is 6.42 Å². The van der Waals surface area contributed by atoms with Crippen molar-refractivity contribution in [2.24, 2.45) is 0 Å². The summed E-state index contributed by atoms with van der Waals surface area (Å²) in [6.07, 6.45) is 3.42. The lowest BCUT2D eigenvalue weighted by Gasteiger charge is -2.14. The van der Waals surface area contributed by atoms with Crippen LogP contribution in [-0.4, -0.2) is 44.0 Å². The molecular formula is C12H15ClN4OS. The first-order valence-electron chi connectivity index (χ1n) is 6.24. The molecular weight excluding hydrogens is 284 g/mol. The maximum Gasteiger partial charge on any atom is 0.245 e. The largest absolute Gasteiger partial charge is 0.479 e. The van der Waals surface area contributed by atoms with Crippen molar-refractivity contribution in [1.82, 2.24) is 19.5 Å². The minimum atomic E-state index is 0.452. The third kappa shape index (κ3) is 2.27. The number of halogens is 1. The van der Waals surface area contributed by atoms with E-state index >= 15 is 0 Å². The zero-order chi connectivity index (χ0) is 13.2. The summed E-state index contributed by atoms with van der Waals surface area (Å²) >= 11 is 7.86. The SMILES string of the molecule is COc1ncnc2c1nc(CCCl)n2C1CCSC1. The maximum absolute atomic E-state index is 5.89. The van der Waals surface area contributed by atoms with E-state index in [1.165, 1.54) is 12.1 Å². The van der Waals surface area contributed by atoms with Gasteiger partial charge in [0.2, 0.25) is 5.88 Å². The number of imidazole rings is 1. The van der Waals surface area contributed by atoms with Gasteiger partial charge in [-0.3, -0.25) is 0 Å². The Morgan fingerprint density at radius 1 is 1.53 bits per heavy atom. The number of thioether (sulfide) groups is 1. The van der Waals surface area contributed by atoms with Crippen LogP contribution in [0.2, 0.25) is 0 Å². The van der Waals surface area contributed by atoms with E-state index in [1.54, 1.807) is 7.11 Å². The van der Waals surface area contributed by atoms with Gasteiger partial charge >= 0.3 is 0 Å². The predicted octanol–water partition coefficient (Wildman–Crippen LogP) is 2.29. The standard InChI is InChI=1S/C12H15ClN4OS/c1-18-12-10-11(14-7-15-12)17(8-3-5-19-6-8)9(16-10)2-4-13/h7-8H,2-6H2,1H3. The molecule has 3 heterocycles. The number of hydrogen-bond acceptors (Lipinski definition) is 5. The lowest BCUT2D eigenvalue weighted by Crippen LogP contribution is -2.12. The lowest BCUT2D eigenvalue weighted by molar-refractivity contribution is 0.401. The monoisotopic (exact) mass is 298 g/mol. The van der Waals surface area contributed by atoms with Gasteiger partial charge in [0.1, 0.15) is 12.2 Å². The minimum absolute atomic E-state index is 0.452. The molecule has 0 saturated carbocycles. The molecule has 1 atom stereocenters. The molecule has 7 heteroatoms. The second-order valence-electron chi connectivity index (χ2n) is 4.41. The van der Waals surface area contributed by atoms with Gasteiger partial charge in [0.15, 0.2) is 11.2 Å². The number of fused-ring (bicyclic) bond motifs is 1. The second kappa shape index (κ2) is 5.54. The summed E-state index contributed by atoms with van der Waals surface area (Å²) in [5.41, 5.74) is 1.60. The third-order valence-corrected chi connectivity index (χ3v) is 4.63. The zero-order valence-corrected chi connectivity index (χ0v) is 12.2. The van der Waals surface area contributed by atoms with Crippen LogP contribution in [0.15, 0.2) is 6.33 Å². The molecule has 0 spiro atoms. The molecule has 102 valence electrons. The Kier molecular flexibility index (Phi) is 3.79. The van der Waals surface area contributed by atoms with Crippen molar-refractivity contribution >= 4 is 34.5 Å². The molecule has 2 aromatic heterocycles. The number of methoxy groups -OCH3 is 1. The Morgan fingerprint density at radius 2 is 2.42 bits per heavy atom. The first kappa shape index (κ1) is 13.0. The van der Waals surface area contributed by atoms with E-state index in [2.05, 4.69) is 19.5 Å². The average Bonchev–Trinajstić information content (AvgIpc) is 3.04. The first-order valence-corrected chi connectivity index (χ1v) is 7.93. The lowest BCUT2D eigenvalue weighted by atomic mass is 10.2. The topological polar surface area (TPSA) is 52.8 Å². The van der Waals surface area contributed by atoms with Gasteiger partial charge < -0.3 is 9.30 Å². The van der Waals surface area contributed by atoms with Gasteiger partial charge in [0, 0.05) is 24.1 Å². The number of aryl methyl sites for hydroxylation is 1. The number of hydrogen-bond donors (Lipinski definition) is 0. The summed E-state index contributed by atoms with van der Waals surface area (Å²) in [5.74, 6) is 4.36. The highest BCUT2D eigenvalue weighted by Crippen LogP contribution is 2.33. The summed E-state index contributed by atoms with van der Waals surface area (Å²) in [7, 11) is 1.60. The first-order chi connectivity index (χ1) is 9.35. The molecule has 5 nitrogen and oxygen atoms in total. The van der Waals surface area contributed by atoms with Crippen LogP contribution in [0.3, 0.4) is 0 Å². The molecule has 0 aliphatic carbocycles. The zero-order valence-electron chi connectivity index (χ0n) is 10.7. The summed E-state index contributed by atoms with van der Waals surface area (Å²) in [6.45, 7) is 0. The number of nitrogens with zero attached hydrogens (tertiary/aromatic N) is 4. The van der Waals surface area contributed by atoms with Crippen molar-refractivity contribution in [3.05, 3.63) is 12.2 Å².